The van der Waals surface area contributed by atoms with Crippen molar-refractivity contribution in [2.24, 2.45) is 0 Å². The van der Waals surface area contributed by atoms with Crippen molar-refractivity contribution < 1.29 is 0 Å². The van der Waals surface area contributed by atoms with E-state index in [9.17, 15) is 0 Å². The summed E-state index contributed by atoms with van der Waals surface area (Å²) in [7, 11) is 0. The van der Waals surface area contributed by atoms with Gasteiger partial charge in [-0.1, -0.05) is 29.8 Å². The predicted molar refractivity (Wildman–Crippen MR) is 62.9 cm³/mol. The number of nitrogens with zero attached hydrogens (tertiary/aromatic N) is 1. The number of pyridine rings is 1. The number of hydrogen-bond donors (Lipinski definition) is 1. The summed E-state index contributed by atoms with van der Waals surface area (Å²) in [5, 5.41) is 0.774. The molecular formula is C12H11ClN2. The summed E-state index contributed by atoms with van der Waals surface area (Å²) in [5.41, 5.74) is 8.29. The van der Waals surface area contributed by atoms with Crippen molar-refractivity contribution in [3.63, 3.8) is 0 Å². The van der Waals surface area contributed by atoms with Gasteiger partial charge in [0.05, 0.1) is 11.9 Å². The number of hydrogen-bond acceptors (Lipinski definition) is 2. The quantitative estimate of drug-likeness (QED) is 0.842. The lowest BCUT2D eigenvalue weighted by Crippen LogP contribution is -1.94. The molecule has 0 saturated carbocycles. The first-order valence-electron chi connectivity index (χ1n) is 4.69. The molecular weight excluding hydrogens is 208 g/mol. The van der Waals surface area contributed by atoms with Crippen molar-refractivity contribution in [3.05, 3.63) is 58.9 Å². The van der Waals surface area contributed by atoms with E-state index in [1.807, 2.05) is 36.4 Å². The van der Waals surface area contributed by atoms with Crippen LogP contribution >= 0.6 is 11.6 Å². The summed E-state index contributed by atoms with van der Waals surface area (Å²) in [6.07, 6.45) is 2.39. The zero-order valence-electron chi connectivity index (χ0n) is 8.15. The van der Waals surface area contributed by atoms with Gasteiger partial charge in [-0.05, 0) is 23.8 Å². The lowest BCUT2D eigenvalue weighted by atomic mass is 10.1. The van der Waals surface area contributed by atoms with E-state index in [1.54, 1.807) is 6.20 Å². The van der Waals surface area contributed by atoms with Crippen LogP contribution in [-0.2, 0) is 6.42 Å². The maximum Gasteiger partial charge on any atom is 0.0501 e. The van der Waals surface area contributed by atoms with Gasteiger partial charge in [0.15, 0.2) is 0 Å². The summed E-state index contributed by atoms with van der Waals surface area (Å²) in [6.45, 7) is 0. The van der Waals surface area contributed by atoms with Crippen LogP contribution < -0.4 is 5.73 Å². The second kappa shape index (κ2) is 4.32. The largest absolute Gasteiger partial charge is 0.397 e. The molecule has 0 aliphatic rings. The Kier molecular flexibility index (Phi) is 2.88. The number of nitrogens with two attached hydrogens (primary N) is 1. The number of benzene rings is 1. The average molecular weight is 219 g/mol. The molecule has 2 aromatic rings. The van der Waals surface area contributed by atoms with Gasteiger partial charge >= 0.3 is 0 Å². The van der Waals surface area contributed by atoms with E-state index in [4.69, 9.17) is 17.3 Å². The Bertz CT molecular complexity index is 451. The lowest BCUT2D eigenvalue weighted by molar-refractivity contribution is 1.08. The second-order valence-electron chi connectivity index (χ2n) is 3.35. The van der Waals surface area contributed by atoms with E-state index < -0.39 is 0 Å². The Morgan fingerprint density at radius 2 is 1.93 bits per heavy atom. The van der Waals surface area contributed by atoms with Gasteiger partial charge in [0, 0.05) is 17.1 Å². The molecule has 0 spiro atoms. The van der Waals surface area contributed by atoms with Gasteiger partial charge in [0.1, 0.15) is 0 Å². The molecule has 0 unspecified atom stereocenters. The molecule has 0 radical (unpaired) electrons. The highest BCUT2D eigenvalue weighted by Gasteiger charge is 2.01. The summed E-state index contributed by atoms with van der Waals surface area (Å²) >= 11 is 6.05. The molecule has 0 fully saturated rings. The average Bonchev–Trinajstić information content (AvgIpc) is 2.25. The first-order valence-corrected chi connectivity index (χ1v) is 5.07. The topological polar surface area (TPSA) is 38.9 Å². The molecule has 1 aromatic heterocycles. The van der Waals surface area contributed by atoms with Crippen LogP contribution in [0, 0.1) is 0 Å². The van der Waals surface area contributed by atoms with Crippen LogP contribution in [0.2, 0.25) is 5.02 Å². The highest BCUT2D eigenvalue weighted by molar-refractivity contribution is 6.31. The molecule has 0 aliphatic heterocycles. The molecule has 0 aliphatic carbocycles. The fraction of sp³-hybridized carbons (Fsp3) is 0.0833. The van der Waals surface area contributed by atoms with E-state index in [-0.39, 0.29) is 0 Å². The van der Waals surface area contributed by atoms with Crippen LogP contribution in [0.4, 0.5) is 5.69 Å². The second-order valence-corrected chi connectivity index (χ2v) is 3.76. The molecule has 2 nitrogen and oxygen atoms in total. The molecule has 0 atom stereocenters. The fourth-order valence-corrected chi connectivity index (χ4v) is 1.58. The summed E-state index contributed by atoms with van der Waals surface area (Å²) in [5.74, 6) is 0. The number of nitrogen functional groups attached to an aromatic ring is 1. The standard InChI is InChI=1S/C12H11ClN2/c13-12-4-2-1-3-9(12)7-11-6-5-10(14)8-15-11/h1-6,8H,7,14H2. The number of halogens is 1. The normalized spacial score (nSPS) is 10.2. The molecule has 0 saturated heterocycles. The van der Waals surface area contributed by atoms with E-state index >= 15 is 0 Å². The van der Waals surface area contributed by atoms with Gasteiger partial charge in [-0.2, -0.15) is 0 Å². The van der Waals surface area contributed by atoms with Crippen LogP contribution in [0.25, 0.3) is 0 Å². The first kappa shape index (κ1) is 9.99. The molecule has 1 heterocycles. The fourth-order valence-electron chi connectivity index (χ4n) is 1.38. The third-order valence-electron chi connectivity index (χ3n) is 2.18. The van der Waals surface area contributed by atoms with Gasteiger partial charge in [-0.25, -0.2) is 0 Å². The minimum absolute atomic E-state index is 0.679. The maximum absolute atomic E-state index is 6.05. The smallest absolute Gasteiger partial charge is 0.0501 e. The third kappa shape index (κ3) is 2.48. The van der Waals surface area contributed by atoms with Gasteiger partial charge in [-0.15, -0.1) is 0 Å². The van der Waals surface area contributed by atoms with Crippen LogP contribution in [0.5, 0.6) is 0 Å². The van der Waals surface area contributed by atoms with E-state index in [0.29, 0.717) is 5.69 Å². The Balaban J connectivity index is 2.22. The van der Waals surface area contributed by atoms with Crippen molar-refractivity contribution in [2.75, 3.05) is 5.73 Å². The van der Waals surface area contributed by atoms with Gasteiger partial charge in [-0.3, -0.25) is 4.98 Å². The van der Waals surface area contributed by atoms with Crippen molar-refractivity contribution in [1.82, 2.24) is 4.98 Å². The van der Waals surface area contributed by atoms with Crippen molar-refractivity contribution >= 4 is 17.3 Å². The Hall–Kier alpha value is -1.54. The molecule has 76 valence electrons. The molecule has 1 aromatic carbocycles. The zero-order chi connectivity index (χ0) is 10.7. The van der Waals surface area contributed by atoms with E-state index in [2.05, 4.69) is 4.98 Å². The van der Waals surface area contributed by atoms with Crippen LogP contribution in [0.1, 0.15) is 11.3 Å². The molecule has 2 N–H and O–H groups in total. The van der Waals surface area contributed by atoms with Crippen LogP contribution in [0.15, 0.2) is 42.6 Å². The number of rotatable bonds is 2. The van der Waals surface area contributed by atoms with E-state index in [0.717, 1.165) is 22.7 Å². The van der Waals surface area contributed by atoms with Gasteiger partial charge in [0.25, 0.3) is 0 Å². The van der Waals surface area contributed by atoms with Crippen molar-refractivity contribution in [2.45, 2.75) is 6.42 Å². The van der Waals surface area contributed by atoms with Crippen LogP contribution in [0.3, 0.4) is 0 Å². The third-order valence-corrected chi connectivity index (χ3v) is 2.55. The van der Waals surface area contributed by atoms with E-state index in [1.165, 1.54) is 0 Å². The van der Waals surface area contributed by atoms with Crippen molar-refractivity contribution in [1.29, 1.82) is 0 Å². The number of aromatic nitrogens is 1. The molecule has 3 heteroatoms. The Morgan fingerprint density at radius 3 is 2.60 bits per heavy atom. The van der Waals surface area contributed by atoms with Crippen LogP contribution in [-0.4, -0.2) is 4.98 Å². The monoisotopic (exact) mass is 218 g/mol. The highest BCUT2D eigenvalue weighted by atomic mass is 35.5. The highest BCUT2D eigenvalue weighted by Crippen LogP contribution is 2.18. The molecule has 2 rings (SSSR count). The van der Waals surface area contributed by atoms with Gasteiger partial charge < -0.3 is 5.73 Å². The zero-order valence-corrected chi connectivity index (χ0v) is 8.91. The van der Waals surface area contributed by atoms with Crippen molar-refractivity contribution in [3.8, 4) is 0 Å². The van der Waals surface area contributed by atoms with Gasteiger partial charge in [0.2, 0.25) is 0 Å². The SMILES string of the molecule is Nc1ccc(Cc2ccccc2Cl)nc1. The molecule has 15 heavy (non-hydrogen) atoms. The summed E-state index contributed by atoms with van der Waals surface area (Å²) in [4.78, 5) is 4.23. The summed E-state index contributed by atoms with van der Waals surface area (Å²) in [6, 6.07) is 11.5. The predicted octanol–water partition coefficient (Wildman–Crippen LogP) is 2.91. The minimum Gasteiger partial charge on any atom is -0.397 e. The molecule has 0 bridgehead atoms. The Labute approximate surface area is 93.7 Å². The first-order chi connectivity index (χ1) is 7.25. The Morgan fingerprint density at radius 1 is 1.13 bits per heavy atom. The molecule has 0 amide bonds. The number of anilines is 1. The summed E-state index contributed by atoms with van der Waals surface area (Å²) < 4.78 is 0. The minimum atomic E-state index is 0.679. The maximum atomic E-state index is 6.05. The lowest BCUT2D eigenvalue weighted by Gasteiger charge is -2.03.